The molecule has 0 radical (unpaired) electrons. The van der Waals surface area contributed by atoms with E-state index in [0.29, 0.717) is 6.42 Å². The van der Waals surface area contributed by atoms with Crippen molar-refractivity contribution in [3.05, 3.63) is 42.0 Å². The van der Waals surface area contributed by atoms with Crippen LogP contribution in [0.15, 0.2) is 36.4 Å². The lowest BCUT2D eigenvalue weighted by Gasteiger charge is -2.15. The van der Waals surface area contributed by atoms with E-state index in [-0.39, 0.29) is 11.9 Å². The van der Waals surface area contributed by atoms with Gasteiger partial charge in [0, 0.05) is 31.1 Å². The molecule has 1 aliphatic heterocycles. The highest BCUT2D eigenvalue weighted by Gasteiger charge is 2.20. The number of methoxy groups -OCH3 is 1. The summed E-state index contributed by atoms with van der Waals surface area (Å²) in [4.78, 5) is 11.2. The summed E-state index contributed by atoms with van der Waals surface area (Å²) in [6.45, 7) is 1.52. The lowest BCUT2D eigenvalue weighted by atomic mass is 10.0. The number of fused-ring (bicyclic) bond motifs is 1. The van der Waals surface area contributed by atoms with Crippen molar-refractivity contribution >= 4 is 16.7 Å². The molecule has 2 aromatic carbocycles. The maximum atomic E-state index is 11.2. The molecular weight excluding hydrogens is 264 g/mol. The number of ether oxygens (including phenoxy) is 1. The largest absolute Gasteiger partial charge is 0.496 e. The van der Waals surface area contributed by atoms with E-state index in [1.54, 1.807) is 7.11 Å². The van der Waals surface area contributed by atoms with Crippen LogP contribution in [0.3, 0.4) is 0 Å². The van der Waals surface area contributed by atoms with Gasteiger partial charge in [-0.15, -0.1) is 0 Å². The first-order chi connectivity index (χ1) is 10.3. The standard InChI is InChI=1S/C17H20N2O2/c1-21-16-8-6-12-4-2-3-5-14(12)15(16)11-18-10-13-7-9-17(20)19-13/h2-6,8,13,18H,7,9-11H2,1H3,(H,19,20). The zero-order chi connectivity index (χ0) is 14.7. The number of rotatable bonds is 5. The fraction of sp³-hybridized carbons (Fsp3) is 0.353. The van der Waals surface area contributed by atoms with E-state index in [1.807, 2.05) is 18.2 Å². The van der Waals surface area contributed by atoms with Gasteiger partial charge >= 0.3 is 0 Å². The number of hydrogen-bond donors (Lipinski definition) is 2. The summed E-state index contributed by atoms with van der Waals surface area (Å²) in [6, 6.07) is 12.6. The van der Waals surface area contributed by atoms with Gasteiger partial charge in [-0.3, -0.25) is 4.79 Å². The molecule has 0 saturated carbocycles. The third kappa shape index (κ3) is 3.00. The highest BCUT2D eigenvalue weighted by molar-refractivity contribution is 5.87. The molecule has 110 valence electrons. The highest BCUT2D eigenvalue weighted by atomic mass is 16.5. The first-order valence-electron chi connectivity index (χ1n) is 7.32. The number of carbonyl (C=O) groups excluding carboxylic acids is 1. The molecular formula is C17H20N2O2. The van der Waals surface area contributed by atoms with Crippen LogP contribution in [0.25, 0.3) is 10.8 Å². The minimum absolute atomic E-state index is 0.157. The number of nitrogens with one attached hydrogen (secondary N) is 2. The van der Waals surface area contributed by atoms with Crippen molar-refractivity contribution in [1.29, 1.82) is 0 Å². The minimum atomic E-state index is 0.157. The topological polar surface area (TPSA) is 50.4 Å². The highest BCUT2D eigenvalue weighted by Crippen LogP contribution is 2.27. The van der Waals surface area contributed by atoms with Crippen LogP contribution in [0.2, 0.25) is 0 Å². The molecule has 3 rings (SSSR count). The fourth-order valence-corrected chi connectivity index (χ4v) is 2.89. The average Bonchev–Trinajstić information content (AvgIpc) is 2.93. The molecule has 1 aliphatic rings. The van der Waals surface area contributed by atoms with Crippen LogP contribution in [0, 0.1) is 0 Å². The Morgan fingerprint density at radius 3 is 2.90 bits per heavy atom. The normalized spacial score (nSPS) is 18.0. The molecule has 0 aromatic heterocycles. The molecule has 0 aliphatic carbocycles. The summed E-state index contributed by atoms with van der Waals surface area (Å²) in [6.07, 6.45) is 1.56. The predicted octanol–water partition coefficient (Wildman–Crippen LogP) is 2.22. The van der Waals surface area contributed by atoms with E-state index < -0.39 is 0 Å². The van der Waals surface area contributed by atoms with Crippen LogP contribution in [-0.4, -0.2) is 25.6 Å². The molecule has 1 atom stereocenters. The van der Waals surface area contributed by atoms with Crippen molar-refractivity contribution in [3.8, 4) is 5.75 Å². The van der Waals surface area contributed by atoms with E-state index in [2.05, 4.69) is 28.8 Å². The Labute approximate surface area is 124 Å². The summed E-state index contributed by atoms with van der Waals surface area (Å²) in [5, 5.41) is 8.83. The lowest BCUT2D eigenvalue weighted by Crippen LogP contribution is -2.35. The lowest BCUT2D eigenvalue weighted by molar-refractivity contribution is -0.119. The van der Waals surface area contributed by atoms with Gasteiger partial charge < -0.3 is 15.4 Å². The second kappa shape index (κ2) is 6.14. The van der Waals surface area contributed by atoms with Crippen LogP contribution in [0.4, 0.5) is 0 Å². The van der Waals surface area contributed by atoms with Crippen molar-refractivity contribution in [3.63, 3.8) is 0 Å². The molecule has 4 heteroatoms. The average molecular weight is 284 g/mol. The molecule has 1 unspecified atom stereocenters. The Bertz CT molecular complexity index is 654. The molecule has 0 spiro atoms. The number of benzene rings is 2. The van der Waals surface area contributed by atoms with Crippen LogP contribution < -0.4 is 15.4 Å². The molecule has 2 N–H and O–H groups in total. The van der Waals surface area contributed by atoms with Crippen molar-refractivity contribution in [1.82, 2.24) is 10.6 Å². The van der Waals surface area contributed by atoms with Gasteiger partial charge in [0.1, 0.15) is 5.75 Å². The summed E-state index contributed by atoms with van der Waals surface area (Å²) in [7, 11) is 1.70. The molecule has 2 aromatic rings. The molecule has 0 bridgehead atoms. The Kier molecular flexibility index (Phi) is 4.06. The van der Waals surface area contributed by atoms with Gasteiger partial charge in [-0.25, -0.2) is 0 Å². The second-order valence-corrected chi connectivity index (χ2v) is 5.40. The summed E-state index contributed by atoms with van der Waals surface area (Å²) < 4.78 is 5.48. The van der Waals surface area contributed by atoms with E-state index in [9.17, 15) is 4.79 Å². The third-order valence-electron chi connectivity index (χ3n) is 4.00. The number of hydrogen-bond acceptors (Lipinski definition) is 3. The first kappa shape index (κ1) is 13.9. The number of carbonyl (C=O) groups is 1. The van der Waals surface area contributed by atoms with Gasteiger partial charge in [-0.1, -0.05) is 30.3 Å². The van der Waals surface area contributed by atoms with Gasteiger partial charge in [0.25, 0.3) is 0 Å². The Morgan fingerprint density at radius 2 is 2.14 bits per heavy atom. The maximum Gasteiger partial charge on any atom is 0.220 e. The second-order valence-electron chi connectivity index (χ2n) is 5.40. The van der Waals surface area contributed by atoms with Crippen LogP contribution in [-0.2, 0) is 11.3 Å². The van der Waals surface area contributed by atoms with Crippen LogP contribution in [0.1, 0.15) is 18.4 Å². The zero-order valence-corrected chi connectivity index (χ0v) is 12.2. The van der Waals surface area contributed by atoms with E-state index in [1.165, 1.54) is 16.3 Å². The molecule has 1 heterocycles. The quantitative estimate of drug-likeness (QED) is 0.885. The molecule has 1 saturated heterocycles. The molecule has 1 amide bonds. The van der Waals surface area contributed by atoms with Crippen molar-refractivity contribution in [2.75, 3.05) is 13.7 Å². The van der Waals surface area contributed by atoms with Gasteiger partial charge in [-0.2, -0.15) is 0 Å². The van der Waals surface area contributed by atoms with Crippen molar-refractivity contribution in [2.24, 2.45) is 0 Å². The van der Waals surface area contributed by atoms with E-state index >= 15 is 0 Å². The smallest absolute Gasteiger partial charge is 0.220 e. The zero-order valence-electron chi connectivity index (χ0n) is 12.2. The minimum Gasteiger partial charge on any atom is -0.496 e. The van der Waals surface area contributed by atoms with E-state index in [4.69, 9.17) is 4.74 Å². The van der Waals surface area contributed by atoms with Crippen molar-refractivity contribution in [2.45, 2.75) is 25.4 Å². The maximum absolute atomic E-state index is 11.2. The Hall–Kier alpha value is -2.07. The van der Waals surface area contributed by atoms with Gasteiger partial charge in [0.15, 0.2) is 0 Å². The van der Waals surface area contributed by atoms with Crippen LogP contribution >= 0.6 is 0 Å². The summed E-state index contributed by atoms with van der Waals surface area (Å²) in [5.74, 6) is 1.06. The van der Waals surface area contributed by atoms with Gasteiger partial charge in [0.2, 0.25) is 5.91 Å². The molecule has 1 fully saturated rings. The van der Waals surface area contributed by atoms with E-state index in [0.717, 1.165) is 25.3 Å². The first-order valence-corrected chi connectivity index (χ1v) is 7.32. The molecule has 21 heavy (non-hydrogen) atoms. The van der Waals surface area contributed by atoms with Gasteiger partial charge in [-0.05, 0) is 23.3 Å². The Morgan fingerprint density at radius 1 is 1.29 bits per heavy atom. The van der Waals surface area contributed by atoms with Crippen molar-refractivity contribution < 1.29 is 9.53 Å². The Balaban J connectivity index is 1.74. The predicted molar refractivity (Wildman–Crippen MR) is 83.4 cm³/mol. The van der Waals surface area contributed by atoms with Crippen LogP contribution in [0.5, 0.6) is 5.75 Å². The monoisotopic (exact) mass is 284 g/mol. The van der Waals surface area contributed by atoms with Gasteiger partial charge in [0.05, 0.1) is 7.11 Å². The molecule has 4 nitrogen and oxygen atoms in total. The third-order valence-corrected chi connectivity index (χ3v) is 4.00. The summed E-state index contributed by atoms with van der Waals surface area (Å²) in [5.41, 5.74) is 1.17. The number of amides is 1. The fourth-order valence-electron chi connectivity index (χ4n) is 2.89. The summed E-state index contributed by atoms with van der Waals surface area (Å²) >= 11 is 0. The SMILES string of the molecule is COc1ccc2ccccc2c1CNCC1CCC(=O)N1.